The third-order valence-corrected chi connectivity index (χ3v) is 7.68. The number of halogens is 6. The number of carbonyl (C=O) groups is 3. The van der Waals surface area contributed by atoms with Gasteiger partial charge in [0.05, 0.1) is 22.2 Å². The SMILES string of the molecule is N#Cc1cc(Cl)cc(Oc2c(Cl)ccc(CNC(=O)c3cc4cc(NC(=O)C5CCNCC5)ccc4n3OC(=O)C(F)(F)F)c2F)c1. The number of rotatable bonds is 8. The highest BCUT2D eigenvalue weighted by Gasteiger charge is 2.42. The average molecular weight is 692 g/mol. The molecule has 1 aliphatic rings. The minimum Gasteiger partial charge on any atom is -0.453 e. The lowest BCUT2D eigenvalue weighted by atomic mass is 9.97. The molecule has 47 heavy (non-hydrogen) atoms. The Kier molecular flexibility index (Phi) is 9.90. The second-order valence-electron chi connectivity index (χ2n) is 10.4. The average Bonchev–Trinajstić information content (AvgIpc) is 3.39. The lowest BCUT2D eigenvalue weighted by molar-refractivity contribution is -0.199. The Bertz CT molecular complexity index is 1920. The summed E-state index contributed by atoms with van der Waals surface area (Å²) in [6.07, 6.45) is -4.12. The first-order chi connectivity index (χ1) is 22.3. The van der Waals surface area contributed by atoms with Gasteiger partial charge in [0.1, 0.15) is 11.4 Å². The molecule has 0 saturated carbocycles. The van der Waals surface area contributed by atoms with Crippen LogP contribution in [0.1, 0.15) is 34.5 Å². The molecule has 0 bridgehead atoms. The molecule has 1 saturated heterocycles. The Hall–Kier alpha value is -4.84. The Labute approximate surface area is 274 Å². The van der Waals surface area contributed by atoms with Gasteiger partial charge in [-0.1, -0.05) is 29.3 Å². The van der Waals surface area contributed by atoms with Gasteiger partial charge >= 0.3 is 12.1 Å². The second kappa shape index (κ2) is 13.9. The number of alkyl halides is 3. The standard InChI is InChI=1S/C31H23Cl2F4N5O5/c32-20-9-16(14-38)10-22(13-20)46-27-23(33)3-1-18(26(27)34)15-40-29(44)25-12-19-11-21(41-28(43)17-5-7-39-8-6-17)2-4-24(19)42(25)47-30(45)31(35,36)37/h1-4,9-13,17,39H,5-8,15H2,(H,40,44)(H,41,43). The predicted octanol–water partition coefficient (Wildman–Crippen LogP) is 6.14. The van der Waals surface area contributed by atoms with Crippen molar-refractivity contribution in [1.82, 2.24) is 15.4 Å². The maximum atomic E-state index is 15.5. The summed E-state index contributed by atoms with van der Waals surface area (Å²) in [6.45, 7) is 0.869. The number of ether oxygens (including phenoxy) is 1. The number of nitrogens with one attached hydrogen (secondary N) is 3. The maximum absolute atomic E-state index is 15.5. The van der Waals surface area contributed by atoms with Gasteiger partial charge in [-0.2, -0.15) is 23.2 Å². The van der Waals surface area contributed by atoms with E-state index in [1.165, 1.54) is 48.5 Å². The van der Waals surface area contributed by atoms with Crippen LogP contribution in [0.3, 0.4) is 0 Å². The predicted molar refractivity (Wildman–Crippen MR) is 163 cm³/mol. The molecule has 244 valence electrons. The Morgan fingerprint density at radius 2 is 1.79 bits per heavy atom. The topological polar surface area (TPSA) is 134 Å². The van der Waals surface area contributed by atoms with Crippen molar-refractivity contribution in [2.45, 2.75) is 25.6 Å². The number of benzene rings is 3. The Balaban J connectivity index is 1.40. The molecule has 1 aromatic heterocycles. The van der Waals surface area contributed by atoms with E-state index in [0.29, 0.717) is 36.3 Å². The van der Waals surface area contributed by atoms with Gasteiger partial charge in [0.25, 0.3) is 5.91 Å². The fraction of sp³-hybridized carbons (Fsp3) is 0.226. The van der Waals surface area contributed by atoms with Crippen molar-refractivity contribution in [1.29, 1.82) is 5.26 Å². The molecule has 0 aliphatic carbocycles. The number of aromatic nitrogens is 1. The van der Waals surface area contributed by atoms with E-state index in [0.717, 1.165) is 6.07 Å². The molecule has 0 unspecified atom stereocenters. The van der Waals surface area contributed by atoms with Crippen LogP contribution in [-0.2, 0) is 16.1 Å². The molecule has 2 amide bonds. The van der Waals surface area contributed by atoms with Crippen LogP contribution in [0, 0.1) is 23.1 Å². The molecule has 0 spiro atoms. The zero-order valence-corrected chi connectivity index (χ0v) is 25.5. The van der Waals surface area contributed by atoms with Gasteiger partial charge in [-0.15, -0.1) is 0 Å². The quantitative estimate of drug-likeness (QED) is 0.189. The number of fused-ring (bicyclic) bond motifs is 1. The molecule has 1 fully saturated rings. The normalized spacial score (nSPS) is 13.6. The highest BCUT2D eigenvalue weighted by molar-refractivity contribution is 6.32. The van der Waals surface area contributed by atoms with Gasteiger partial charge in [0.2, 0.25) is 5.91 Å². The summed E-state index contributed by atoms with van der Waals surface area (Å²) in [7, 11) is 0. The van der Waals surface area contributed by atoms with Crippen molar-refractivity contribution in [2.24, 2.45) is 5.92 Å². The van der Waals surface area contributed by atoms with Gasteiger partial charge in [-0.3, -0.25) is 9.59 Å². The van der Waals surface area contributed by atoms with Crippen molar-refractivity contribution in [3.8, 4) is 17.6 Å². The first-order valence-corrected chi connectivity index (χ1v) is 14.7. The van der Waals surface area contributed by atoms with Crippen molar-refractivity contribution < 1.29 is 41.5 Å². The number of hydrogen-bond acceptors (Lipinski definition) is 7. The van der Waals surface area contributed by atoms with Crippen LogP contribution in [-0.4, -0.2) is 41.8 Å². The minimum absolute atomic E-state index is 0.0124. The third-order valence-electron chi connectivity index (χ3n) is 7.16. The zero-order valence-electron chi connectivity index (χ0n) is 24.0. The lowest BCUT2D eigenvalue weighted by Gasteiger charge is -2.21. The number of amides is 2. The summed E-state index contributed by atoms with van der Waals surface area (Å²) in [5.74, 6) is -5.48. The second-order valence-corrected chi connectivity index (χ2v) is 11.3. The Morgan fingerprint density at radius 3 is 2.49 bits per heavy atom. The van der Waals surface area contributed by atoms with Crippen LogP contribution >= 0.6 is 23.2 Å². The third kappa shape index (κ3) is 7.76. The summed E-state index contributed by atoms with van der Waals surface area (Å²) < 4.78 is 60.9. The molecule has 0 radical (unpaired) electrons. The monoisotopic (exact) mass is 691 g/mol. The number of nitriles is 1. The van der Waals surface area contributed by atoms with Crippen LogP contribution in [0.2, 0.25) is 10.0 Å². The van der Waals surface area contributed by atoms with E-state index < -0.39 is 41.9 Å². The number of anilines is 1. The van der Waals surface area contributed by atoms with Crippen LogP contribution in [0.4, 0.5) is 23.2 Å². The van der Waals surface area contributed by atoms with Gasteiger partial charge in [0.15, 0.2) is 11.6 Å². The van der Waals surface area contributed by atoms with Crippen LogP contribution in [0.15, 0.2) is 54.6 Å². The summed E-state index contributed by atoms with van der Waals surface area (Å²) in [4.78, 5) is 42.3. The van der Waals surface area contributed by atoms with E-state index in [4.69, 9.17) is 33.2 Å². The highest BCUT2D eigenvalue weighted by Crippen LogP contribution is 2.35. The van der Waals surface area contributed by atoms with Gasteiger partial charge in [-0.25, -0.2) is 9.18 Å². The van der Waals surface area contributed by atoms with Gasteiger partial charge < -0.3 is 25.5 Å². The molecule has 3 N–H and O–H groups in total. The summed E-state index contributed by atoms with van der Waals surface area (Å²) >= 11 is 12.1. The number of nitrogens with zero attached hydrogens (tertiary/aromatic N) is 2. The van der Waals surface area contributed by atoms with Gasteiger partial charge in [0, 0.05) is 34.1 Å². The molecule has 5 rings (SSSR count). The molecule has 0 atom stereocenters. The molecular weight excluding hydrogens is 669 g/mol. The van der Waals surface area contributed by atoms with E-state index in [2.05, 4.69) is 20.8 Å². The smallest absolute Gasteiger partial charge is 0.453 e. The van der Waals surface area contributed by atoms with Crippen LogP contribution < -0.4 is 25.5 Å². The van der Waals surface area contributed by atoms with E-state index in [1.807, 2.05) is 6.07 Å². The highest BCUT2D eigenvalue weighted by atomic mass is 35.5. The summed E-state index contributed by atoms with van der Waals surface area (Å²) in [5.41, 5.74) is -0.277. The molecular formula is C31H23Cl2F4N5O5. The largest absolute Gasteiger partial charge is 0.493 e. The molecule has 16 heteroatoms. The summed E-state index contributed by atoms with van der Waals surface area (Å²) in [6, 6.07) is 13.7. The van der Waals surface area contributed by atoms with Gasteiger partial charge in [-0.05, 0) is 74.5 Å². The molecule has 1 aliphatic heterocycles. The number of carbonyl (C=O) groups excluding carboxylic acids is 3. The molecule has 2 heterocycles. The minimum atomic E-state index is -5.38. The summed E-state index contributed by atoms with van der Waals surface area (Å²) in [5, 5.41) is 17.6. The maximum Gasteiger partial charge on any atom is 0.493 e. The van der Waals surface area contributed by atoms with Crippen molar-refractivity contribution in [2.75, 3.05) is 18.4 Å². The van der Waals surface area contributed by atoms with E-state index >= 15 is 4.39 Å². The van der Waals surface area contributed by atoms with Crippen molar-refractivity contribution in [3.63, 3.8) is 0 Å². The van der Waals surface area contributed by atoms with E-state index in [-0.39, 0.29) is 49.6 Å². The van der Waals surface area contributed by atoms with E-state index in [1.54, 1.807) is 0 Å². The number of hydrogen-bond donors (Lipinski definition) is 3. The van der Waals surface area contributed by atoms with Crippen molar-refractivity contribution in [3.05, 3.63) is 87.3 Å². The molecule has 4 aromatic rings. The lowest BCUT2D eigenvalue weighted by Crippen LogP contribution is -2.36. The Morgan fingerprint density at radius 1 is 1.04 bits per heavy atom. The first kappa shape index (κ1) is 33.5. The van der Waals surface area contributed by atoms with E-state index in [9.17, 15) is 27.6 Å². The van der Waals surface area contributed by atoms with Crippen LogP contribution in [0.5, 0.6) is 11.5 Å². The van der Waals surface area contributed by atoms with Crippen molar-refractivity contribution >= 4 is 57.6 Å². The van der Waals surface area contributed by atoms with Crippen LogP contribution in [0.25, 0.3) is 10.9 Å². The fourth-order valence-corrected chi connectivity index (χ4v) is 5.27. The molecule has 3 aromatic carbocycles. The fourth-order valence-electron chi connectivity index (χ4n) is 4.86. The zero-order chi connectivity index (χ0) is 33.9. The first-order valence-electron chi connectivity index (χ1n) is 13.9. The number of piperidine rings is 1. The molecule has 10 nitrogen and oxygen atoms in total.